The number of nitro benzene ring substituents is 1. The third-order valence-corrected chi connectivity index (χ3v) is 3.69. The van der Waals surface area contributed by atoms with Crippen molar-refractivity contribution < 1.29 is 27.7 Å². The van der Waals surface area contributed by atoms with Gasteiger partial charge in [-0.1, -0.05) is 0 Å². The maximum absolute atomic E-state index is 13.1. The highest BCUT2D eigenvalue weighted by atomic mass is 19.4. The molecule has 0 atom stereocenters. The SMILES string of the molecule is Nc1c2c(cc(=O)n1-c1ccc([N+](=O)[O-])c(C(F)(F)F)c1)C(=O)NC2=O. The molecule has 9 nitrogen and oxygen atoms in total. The van der Waals surface area contributed by atoms with E-state index in [0.29, 0.717) is 16.7 Å². The lowest BCUT2D eigenvalue weighted by molar-refractivity contribution is -0.388. The summed E-state index contributed by atoms with van der Waals surface area (Å²) in [5.74, 6) is -2.33. The molecule has 3 rings (SSSR count). The number of anilines is 1. The number of carbonyl (C=O) groups excluding carboxylic acids is 2. The van der Waals surface area contributed by atoms with Crippen LogP contribution in [0.4, 0.5) is 24.7 Å². The zero-order valence-electron chi connectivity index (χ0n) is 12.5. The first-order chi connectivity index (χ1) is 12.0. The molecular formula is C14H7F3N4O5. The Morgan fingerprint density at radius 3 is 2.35 bits per heavy atom. The van der Waals surface area contributed by atoms with Gasteiger partial charge in [0.25, 0.3) is 23.1 Å². The number of nitrogens with one attached hydrogen (secondary N) is 1. The van der Waals surface area contributed by atoms with Crippen LogP contribution >= 0.6 is 0 Å². The molecule has 1 aliphatic rings. The zero-order chi connectivity index (χ0) is 19.4. The van der Waals surface area contributed by atoms with Gasteiger partial charge in [0.2, 0.25) is 0 Å². The largest absolute Gasteiger partial charge is 0.423 e. The van der Waals surface area contributed by atoms with Crippen molar-refractivity contribution in [3.63, 3.8) is 0 Å². The molecule has 0 saturated heterocycles. The second-order valence-electron chi connectivity index (χ2n) is 5.23. The smallest absolute Gasteiger partial charge is 0.384 e. The van der Waals surface area contributed by atoms with Crippen molar-refractivity contribution in [2.24, 2.45) is 0 Å². The number of imide groups is 1. The van der Waals surface area contributed by atoms with Gasteiger partial charge in [-0.15, -0.1) is 0 Å². The molecule has 0 spiro atoms. The molecule has 1 aliphatic heterocycles. The number of rotatable bonds is 2. The Morgan fingerprint density at radius 2 is 1.77 bits per heavy atom. The number of nitro groups is 1. The van der Waals surface area contributed by atoms with Crippen LogP contribution in [0.25, 0.3) is 5.69 Å². The number of aromatic nitrogens is 1. The fraction of sp³-hybridized carbons (Fsp3) is 0.0714. The predicted molar refractivity (Wildman–Crippen MR) is 79.9 cm³/mol. The number of carbonyl (C=O) groups is 2. The number of halogens is 3. The summed E-state index contributed by atoms with van der Waals surface area (Å²) in [6, 6.07) is 2.58. The van der Waals surface area contributed by atoms with Gasteiger partial charge >= 0.3 is 6.18 Å². The van der Waals surface area contributed by atoms with Gasteiger partial charge in [-0.25, -0.2) is 0 Å². The Kier molecular flexibility index (Phi) is 3.56. The number of benzene rings is 1. The number of nitrogens with two attached hydrogens (primary N) is 1. The monoisotopic (exact) mass is 368 g/mol. The minimum atomic E-state index is -5.07. The van der Waals surface area contributed by atoms with Gasteiger partial charge in [0.1, 0.15) is 11.4 Å². The van der Waals surface area contributed by atoms with Crippen LogP contribution in [0, 0.1) is 10.1 Å². The average molecular weight is 368 g/mol. The number of nitrogens with zero attached hydrogens (tertiary/aromatic N) is 2. The van der Waals surface area contributed by atoms with Gasteiger partial charge in [-0.05, 0) is 12.1 Å². The van der Waals surface area contributed by atoms with Crippen LogP contribution in [-0.2, 0) is 6.18 Å². The van der Waals surface area contributed by atoms with E-state index in [1.54, 1.807) is 0 Å². The molecule has 2 aromatic rings. The molecule has 26 heavy (non-hydrogen) atoms. The van der Waals surface area contributed by atoms with Gasteiger partial charge in [0.15, 0.2) is 0 Å². The van der Waals surface area contributed by atoms with E-state index in [1.165, 1.54) is 0 Å². The summed E-state index contributed by atoms with van der Waals surface area (Å²) in [5.41, 5.74) is 0.833. The minimum Gasteiger partial charge on any atom is -0.384 e. The fourth-order valence-corrected chi connectivity index (χ4v) is 2.60. The molecule has 0 fully saturated rings. The van der Waals surface area contributed by atoms with Crippen LogP contribution in [0.5, 0.6) is 0 Å². The van der Waals surface area contributed by atoms with Crippen LogP contribution in [0.15, 0.2) is 29.1 Å². The molecular weight excluding hydrogens is 361 g/mol. The molecule has 0 aliphatic carbocycles. The lowest BCUT2D eigenvalue weighted by Crippen LogP contribution is -2.24. The van der Waals surface area contributed by atoms with Crippen LogP contribution in [0.3, 0.4) is 0 Å². The second-order valence-corrected chi connectivity index (χ2v) is 5.23. The van der Waals surface area contributed by atoms with Crippen molar-refractivity contribution in [1.82, 2.24) is 9.88 Å². The highest BCUT2D eigenvalue weighted by Crippen LogP contribution is 2.37. The molecule has 0 radical (unpaired) electrons. The van der Waals surface area contributed by atoms with Crippen molar-refractivity contribution in [2.75, 3.05) is 5.73 Å². The van der Waals surface area contributed by atoms with E-state index >= 15 is 0 Å². The number of amides is 2. The fourth-order valence-electron chi connectivity index (χ4n) is 2.60. The minimum absolute atomic E-state index is 0.299. The van der Waals surface area contributed by atoms with E-state index in [1.807, 2.05) is 5.32 Å². The van der Waals surface area contributed by atoms with Crippen molar-refractivity contribution in [3.8, 4) is 5.69 Å². The van der Waals surface area contributed by atoms with E-state index in [2.05, 4.69) is 0 Å². The number of alkyl halides is 3. The summed E-state index contributed by atoms with van der Waals surface area (Å²) >= 11 is 0. The summed E-state index contributed by atoms with van der Waals surface area (Å²) in [6.45, 7) is 0. The number of hydrogen-bond acceptors (Lipinski definition) is 6. The Labute approximate surface area is 141 Å². The van der Waals surface area contributed by atoms with Crippen LogP contribution in [0.1, 0.15) is 26.3 Å². The quantitative estimate of drug-likeness (QED) is 0.465. The summed E-state index contributed by atoms with van der Waals surface area (Å²) < 4.78 is 39.9. The molecule has 2 amide bonds. The summed E-state index contributed by atoms with van der Waals surface area (Å²) in [7, 11) is 0. The molecule has 0 unspecified atom stereocenters. The Balaban J connectivity index is 2.31. The first-order valence-electron chi connectivity index (χ1n) is 6.79. The first kappa shape index (κ1) is 17.1. The summed E-state index contributed by atoms with van der Waals surface area (Å²) in [5, 5.41) is 12.7. The van der Waals surface area contributed by atoms with Gasteiger partial charge in [-0.3, -0.25) is 34.4 Å². The first-order valence-corrected chi connectivity index (χ1v) is 6.79. The van der Waals surface area contributed by atoms with Gasteiger partial charge in [0.05, 0.1) is 21.7 Å². The standard InChI is InChI=1S/C14H7F3N4O5/c15-14(16,17)7-3-5(1-2-8(7)21(25)26)20-9(22)4-6-10(11(20)18)13(24)19-12(6)23/h1-4H,18H2,(H,19,23,24). The van der Waals surface area contributed by atoms with Gasteiger partial charge in [0, 0.05) is 12.1 Å². The van der Waals surface area contributed by atoms with Crippen molar-refractivity contribution >= 4 is 23.3 Å². The Bertz CT molecular complexity index is 1060. The normalized spacial score (nSPS) is 13.5. The Hall–Kier alpha value is -3.70. The molecule has 0 bridgehead atoms. The Morgan fingerprint density at radius 1 is 1.12 bits per heavy atom. The zero-order valence-corrected chi connectivity index (χ0v) is 12.5. The predicted octanol–water partition coefficient (Wildman–Crippen LogP) is 1.23. The lowest BCUT2D eigenvalue weighted by Gasteiger charge is -2.14. The highest BCUT2D eigenvalue weighted by molar-refractivity contribution is 6.23. The van der Waals surface area contributed by atoms with Crippen LogP contribution in [-0.4, -0.2) is 21.3 Å². The summed E-state index contributed by atoms with van der Waals surface area (Å²) in [4.78, 5) is 45.1. The third-order valence-electron chi connectivity index (χ3n) is 3.69. The van der Waals surface area contributed by atoms with Gasteiger partial charge in [-0.2, -0.15) is 13.2 Å². The molecule has 134 valence electrons. The maximum atomic E-state index is 13.1. The van der Waals surface area contributed by atoms with Crippen LogP contribution in [0.2, 0.25) is 0 Å². The van der Waals surface area contributed by atoms with Crippen molar-refractivity contribution in [1.29, 1.82) is 0 Å². The number of pyridine rings is 1. The lowest BCUT2D eigenvalue weighted by atomic mass is 10.1. The van der Waals surface area contributed by atoms with Crippen molar-refractivity contribution in [3.05, 3.63) is 61.4 Å². The topological polar surface area (TPSA) is 137 Å². The summed E-state index contributed by atoms with van der Waals surface area (Å²) in [6.07, 6.45) is -5.07. The van der Waals surface area contributed by atoms with E-state index in [4.69, 9.17) is 5.73 Å². The number of hydrogen-bond donors (Lipinski definition) is 2. The number of nitrogen functional groups attached to an aromatic ring is 1. The average Bonchev–Trinajstić information content (AvgIpc) is 2.80. The third kappa shape index (κ3) is 2.47. The highest BCUT2D eigenvalue weighted by Gasteiger charge is 2.39. The second kappa shape index (κ2) is 5.40. The van der Waals surface area contributed by atoms with Crippen LogP contribution < -0.4 is 16.6 Å². The van der Waals surface area contributed by atoms with E-state index in [9.17, 15) is 37.7 Å². The van der Waals surface area contributed by atoms with E-state index in [0.717, 1.165) is 12.1 Å². The van der Waals surface area contributed by atoms with Gasteiger partial charge < -0.3 is 5.73 Å². The van der Waals surface area contributed by atoms with E-state index in [-0.39, 0.29) is 11.1 Å². The van der Waals surface area contributed by atoms with E-state index < -0.39 is 51.2 Å². The molecule has 2 heterocycles. The molecule has 3 N–H and O–H groups in total. The molecule has 1 aromatic carbocycles. The van der Waals surface area contributed by atoms with Crippen molar-refractivity contribution in [2.45, 2.75) is 6.18 Å². The molecule has 1 aromatic heterocycles. The maximum Gasteiger partial charge on any atom is 0.423 e. The number of fused-ring (bicyclic) bond motifs is 1. The molecule has 12 heteroatoms. The molecule has 0 saturated carbocycles.